The number of amides is 1. The normalized spacial score (nSPS) is 9.47. The van der Waals surface area contributed by atoms with Gasteiger partial charge in [0.15, 0.2) is 5.11 Å². The minimum Gasteiger partial charge on any atom is -0.363 e. The van der Waals surface area contributed by atoms with E-state index in [9.17, 15) is 9.18 Å². The molecule has 0 aromatic heterocycles. The molecule has 0 aliphatic carbocycles. The third-order valence-electron chi connectivity index (χ3n) is 1.68. The lowest BCUT2D eigenvalue weighted by atomic mass is 10.2. The molecule has 0 aliphatic heterocycles. The summed E-state index contributed by atoms with van der Waals surface area (Å²) in [6.45, 7) is 2.46. The molecule has 0 bridgehead atoms. The van der Waals surface area contributed by atoms with Gasteiger partial charge in [0.1, 0.15) is 5.82 Å². The molecule has 0 heterocycles. The number of rotatable bonds is 2. The average Bonchev–Trinajstić information content (AvgIpc) is 2.18. The number of carbonyl (C=O) groups is 1. The van der Waals surface area contributed by atoms with Gasteiger partial charge in [-0.2, -0.15) is 0 Å². The van der Waals surface area contributed by atoms with E-state index in [1.54, 1.807) is 6.07 Å². The molecule has 3 nitrogen and oxygen atoms in total. The molecule has 1 rings (SSSR count). The molecule has 1 aromatic carbocycles. The van der Waals surface area contributed by atoms with Crippen LogP contribution in [0, 0.1) is 5.82 Å². The SMILES string of the molecule is CCNC(=S)NC(=O)c1ccccc1F. The van der Waals surface area contributed by atoms with Gasteiger partial charge in [-0.1, -0.05) is 12.1 Å². The molecule has 0 fully saturated rings. The van der Waals surface area contributed by atoms with Crippen molar-refractivity contribution in [3.8, 4) is 0 Å². The van der Waals surface area contributed by atoms with Crippen LogP contribution in [-0.2, 0) is 0 Å². The zero-order valence-corrected chi connectivity index (χ0v) is 9.03. The molecule has 0 unspecified atom stereocenters. The van der Waals surface area contributed by atoms with E-state index in [1.807, 2.05) is 6.92 Å². The fourth-order valence-corrected chi connectivity index (χ4v) is 1.26. The van der Waals surface area contributed by atoms with Gasteiger partial charge >= 0.3 is 0 Å². The molecule has 0 radical (unpaired) electrons. The maximum Gasteiger partial charge on any atom is 0.260 e. The van der Waals surface area contributed by atoms with Crippen molar-refractivity contribution in [2.75, 3.05) is 6.54 Å². The highest BCUT2D eigenvalue weighted by Gasteiger charge is 2.11. The van der Waals surface area contributed by atoms with Gasteiger partial charge in [-0.3, -0.25) is 10.1 Å². The van der Waals surface area contributed by atoms with Crippen molar-refractivity contribution in [2.24, 2.45) is 0 Å². The molecule has 80 valence electrons. The second kappa shape index (κ2) is 5.41. The Morgan fingerprint density at radius 3 is 2.73 bits per heavy atom. The number of thiocarbonyl (C=S) groups is 1. The van der Waals surface area contributed by atoms with Crippen LogP contribution >= 0.6 is 12.2 Å². The molecular weight excluding hydrogens is 215 g/mol. The van der Waals surface area contributed by atoms with E-state index in [2.05, 4.69) is 10.6 Å². The second-order valence-electron chi connectivity index (χ2n) is 2.79. The number of carbonyl (C=O) groups excluding carboxylic acids is 1. The number of nitrogens with one attached hydrogen (secondary N) is 2. The highest BCUT2D eigenvalue weighted by Crippen LogP contribution is 2.05. The maximum absolute atomic E-state index is 13.2. The third-order valence-corrected chi connectivity index (χ3v) is 1.93. The van der Waals surface area contributed by atoms with Crippen LogP contribution in [0.15, 0.2) is 24.3 Å². The standard InChI is InChI=1S/C10H11FN2OS/c1-2-12-10(15)13-9(14)7-5-3-4-6-8(7)11/h3-6H,2H2,1H3,(H2,12,13,14,15). The summed E-state index contributed by atoms with van der Waals surface area (Å²) in [4.78, 5) is 11.5. The highest BCUT2D eigenvalue weighted by atomic mass is 32.1. The van der Waals surface area contributed by atoms with Gasteiger partial charge in [0.05, 0.1) is 5.56 Å². The quantitative estimate of drug-likeness (QED) is 0.750. The lowest BCUT2D eigenvalue weighted by Gasteiger charge is -2.07. The van der Waals surface area contributed by atoms with E-state index in [0.717, 1.165) is 0 Å². The van der Waals surface area contributed by atoms with Gasteiger partial charge in [0, 0.05) is 6.54 Å². The van der Waals surface area contributed by atoms with Crippen molar-refractivity contribution in [3.63, 3.8) is 0 Å². The monoisotopic (exact) mass is 226 g/mol. The van der Waals surface area contributed by atoms with E-state index in [-0.39, 0.29) is 10.7 Å². The number of benzene rings is 1. The van der Waals surface area contributed by atoms with E-state index in [4.69, 9.17) is 12.2 Å². The van der Waals surface area contributed by atoms with Crippen molar-refractivity contribution in [1.82, 2.24) is 10.6 Å². The van der Waals surface area contributed by atoms with E-state index < -0.39 is 11.7 Å². The molecule has 0 saturated heterocycles. The number of halogens is 1. The fraction of sp³-hybridized carbons (Fsp3) is 0.200. The Kier molecular flexibility index (Phi) is 4.17. The summed E-state index contributed by atoms with van der Waals surface area (Å²) in [5, 5.41) is 5.32. The molecular formula is C10H11FN2OS. The Morgan fingerprint density at radius 2 is 2.13 bits per heavy atom. The predicted molar refractivity (Wildman–Crippen MR) is 60.1 cm³/mol. The van der Waals surface area contributed by atoms with Crippen LogP contribution in [0.25, 0.3) is 0 Å². The molecule has 0 aliphatic rings. The van der Waals surface area contributed by atoms with Gasteiger partial charge < -0.3 is 5.32 Å². The molecule has 0 spiro atoms. The summed E-state index contributed by atoms with van der Waals surface area (Å²) in [5.74, 6) is -1.10. The largest absolute Gasteiger partial charge is 0.363 e. The maximum atomic E-state index is 13.2. The average molecular weight is 226 g/mol. The Morgan fingerprint density at radius 1 is 1.47 bits per heavy atom. The first-order valence-electron chi connectivity index (χ1n) is 4.49. The fourth-order valence-electron chi connectivity index (χ4n) is 1.02. The van der Waals surface area contributed by atoms with Gasteiger partial charge in [-0.25, -0.2) is 4.39 Å². The minimum atomic E-state index is -0.561. The summed E-state index contributed by atoms with van der Waals surface area (Å²) in [5.41, 5.74) is -0.0160. The second-order valence-corrected chi connectivity index (χ2v) is 3.20. The summed E-state index contributed by atoms with van der Waals surface area (Å²) in [6, 6.07) is 5.74. The molecule has 2 N–H and O–H groups in total. The lowest BCUT2D eigenvalue weighted by Crippen LogP contribution is -2.39. The summed E-state index contributed by atoms with van der Waals surface area (Å²) in [6.07, 6.45) is 0. The van der Waals surface area contributed by atoms with E-state index >= 15 is 0 Å². The Balaban J connectivity index is 2.70. The Bertz CT molecular complexity index is 381. The van der Waals surface area contributed by atoms with Gasteiger partial charge in [0.2, 0.25) is 0 Å². The first-order valence-corrected chi connectivity index (χ1v) is 4.89. The van der Waals surface area contributed by atoms with Crippen molar-refractivity contribution in [1.29, 1.82) is 0 Å². The van der Waals surface area contributed by atoms with Crippen LogP contribution in [0.4, 0.5) is 4.39 Å². The van der Waals surface area contributed by atoms with Crippen LogP contribution < -0.4 is 10.6 Å². The van der Waals surface area contributed by atoms with Crippen LogP contribution in [0.1, 0.15) is 17.3 Å². The van der Waals surface area contributed by atoms with E-state index in [0.29, 0.717) is 6.54 Å². The summed E-state index contributed by atoms with van der Waals surface area (Å²) >= 11 is 4.81. The Hall–Kier alpha value is -1.49. The molecule has 1 aromatic rings. The molecule has 0 saturated carbocycles. The zero-order valence-electron chi connectivity index (χ0n) is 8.21. The summed E-state index contributed by atoms with van der Waals surface area (Å²) < 4.78 is 13.2. The van der Waals surface area contributed by atoms with Crippen LogP contribution in [0.2, 0.25) is 0 Å². The summed E-state index contributed by atoms with van der Waals surface area (Å²) in [7, 11) is 0. The van der Waals surface area contributed by atoms with Crippen molar-refractivity contribution < 1.29 is 9.18 Å². The van der Waals surface area contributed by atoms with Gasteiger partial charge in [-0.15, -0.1) is 0 Å². The van der Waals surface area contributed by atoms with Crippen molar-refractivity contribution >= 4 is 23.2 Å². The van der Waals surface area contributed by atoms with Crippen LogP contribution in [0.5, 0.6) is 0 Å². The van der Waals surface area contributed by atoms with Crippen LogP contribution in [-0.4, -0.2) is 17.6 Å². The van der Waals surface area contributed by atoms with Crippen molar-refractivity contribution in [3.05, 3.63) is 35.6 Å². The number of hydrogen-bond donors (Lipinski definition) is 2. The van der Waals surface area contributed by atoms with Gasteiger partial charge in [0.25, 0.3) is 5.91 Å². The first-order chi connectivity index (χ1) is 7.15. The zero-order chi connectivity index (χ0) is 11.3. The van der Waals surface area contributed by atoms with Crippen molar-refractivity contribution in [2.45, 2.75) is 6.92 Å². The third kappa shape index (κ3) is 3.28. The predicted octanol–water partition coefficient (Wildman–Crippen LogP) is 1.45. The Labute approximate surface area is 92.7 Å². The first kappa shape index (κ1) is 11.6. The van der Waals surface area contributed by atoms with Gasteiger partial charge in [-0.05, 0) is 31.3 Å². The van der Waals surface area contributed by atoms with Crippen LogP contribution in [0.3, 0.4) is 0 Å². The molecule has 0 atom stereocenters. The molecule has 1 amide bonds. The molecule has 5 heteroatoms. The number of hydrogen-bond acceptors (Lipinski definition) is 2. The smallest absolute Gasteiger partial charge is 0.260 e. The topological polar surface area (TPSA) is 41.1 Å². The lowest BCUT2D eigenvalue weighted by molar-refractivity contribution is 0.0973. The molecule has 15 heavy (non-hydrogen) atoms. The highest BCUT2D eigenvalue weighted by molar-refractivity contribution is 7.80. The minimum absolute atomic E-state index is 0.0160. The van der Waals surface area contributed by atoms with E-state index in [1.165, 1.54) is 18.2 Å².